The van der Waals surface area contributed by atoms with Crippen LogP contribution in [0.15, 0.2) is 48.7 Å². The van der Waals surface area contributed by atoms with Crippen molar-refractivity contribution in [2.45, 2.75) is 51.9 Å². The molecule has 6 nitrogen and oxygen atoms in total. The molecule has 1 heterocycles. The Morgan fingerprint density at radius 2 is 1.94 bits per heavy atom. The lowest BCUT2D eigenvalue weighted by atomic mass is 9.97. The molecule has 0 spiro atoms. The maximum absolute atomic E-state index is 12.5. The summed E-state index contributed by atoms with van der Waals surface area (Å²) in [5.41, 5.74) is 3.77. The van der Waals surface area contributed by atoms with E-state index >= 15 is 0 Å². The van der Waals surface area contributed by atoms with E-state index in [-0.39, 0.29) is 23.7 Å². The van der Waals surface area contributed by atoms with Crippen molar-refractivity contribution in [3.8, 4) is 11.5 Å². The standard InChI is InChI=1S/C30H38N2O4/c1-21(19-31-2)9-5-4-6-10-25(33)18-26(34)14-13-22-17-30(36-3)29(35)16-23(22)15-24-20-32-28-12-8-7-11-27(24)28/h7-8,11-14,16-17,20-21,31-32,35H,4-6,9-10,15,18-19H2,1-3H3. The highest BCUT2D eigenvalue weighted by Gasteiger charge is 2.13. The highest BCUT2D eigenvalue weighted by molar-refractivity contribution is 6.06. The lowest BCUT2D eigenvalue weighted by Crippen LogP contribution is -2.15. The number of aromatic amines is 1. The third kappa shape index (κ3) is 7.82. The number of Topliss-reactive ketones (excluding diaryl/α,β-unsaturated/α-hetero) is 1. The highest BCUT2D eigenvalue weighted by Crippen LogP contribution is 2.32. The number of methoxy groups -OCH3 is 1. The van der Waals surface area contributed by atoms with Gasteiger partial charge in [0.25, 0.3) is 0 Å². The van der Waals surface area contributed by atoms with Crippen molar-refractivity contribution in [3.05, 3.63) is 65.4 Å². The predicted molar refractivity (Wildman–Crippen MR) is 146 cm³/mol. The van der Waals surface area contributed by atoms with Crippen molar-refractivity contribution in [1.82, 2.24) is 10.3 Å². The fourth-order valence-electron chi connectivity index (χ4n) is 4.55. The number of fused-ring (bicyclic) bond motifs is 1. The van der Waals surface area contributed by atoms with E-state index in [1.807, 2.05) is 31.4 Å². The van der Waals surface area contributed by atoms with Crippen LogP contribution in [-0.2, 0) is 16.0 Å². The van der Waals surface area contributed by atoms with Gasteiger partial charge in [0.2, 0.25) is 0 Å². The number of allylic oxidation sites excluding steroid dienone is 1. The number of ketones is 2. The molecule has 192 valence electrons. The molecule has 0 saturated carbocycles. The molecule has 0 radical (unpaired) electrons. The number of para-hydroxylation sites is 1. The third-order valence-corrected chi connectivity index (χ3v) is 6.52. The molecule has 1 unspecified atom stereocenters. The molecule has 3 N–H and O–H groups in total. The second-order valence-corrected chi connectivity index (χ2v) is 9.54. The van der Waals surface area contributed by atoms with Gasteiger partial charge < -0.3 is 20.1 Å². The molecule has 0 aliphatic heterocycles. The first-order valence-electron chi connectivity index (χ1n) is 12.7. The molecular formula is C30H38N2O4. The van der Waals surface area contributed by atoms with E-state index in [4.69, 9.17) is 4.74 Å². The summed E-state index contributed by atoms with van der Waals surface area (Å²) in [5.74, 6) is 0.788. The van der Waals surface area contributed by atoms with Crippen molar-refractivity contribution in [1.29, 1.82) is 0 Å². The number of phenols is 1. The number of H-pyrrole nitrogens is 1. The maximum atomic E-state index is 12.5. The molecule has 0 amide bonds. The number of unbranched alkanes of at least 4 members (excludes halogenated alkanes) is 2. The number of aromatic nitrogens is 1. The van der Waals surface area contributed by atoms with E-state index in [1.165, 1.54) is 13.2 Å². The molecule has 0 fully saturated rings. The number of nitrogens with one attached hydrogen (secondary N) is 2. The zero-order valence-electron chi connectivity index (χ0n) is 21.6. The Kier molecular flexibility index (Phi) is 10.3. The van der Waals surface area contributed by atoms with Gasteiger partial charge in [0.1, 0.15) is 5.78 Å². The number of benzene rings is 2. The Hall–Kier alpha value is -3.38. The van der Waals surface area contributed by atoms with Crippen LogP contribution in [0.25, 0.3) is 17.0 Å². The average Bonchev–Trinajstić information content (AvgIpc) is 3.26. The minimum atomic E-state index is -0.215. The van der Waals surface area contributed by atoms with Crippen molar-refractivity contribution < 1.29 is 19.4 Å². The molecule has 0 saturated heterocycles. The zero-order valence-corrected chi connectivity index (χ0v) is 21.6. The smallest absolute Gasteiger partial charge is 0.163 e. The van der Waals surface area contributed by atoms with Crippen molar-refractivity contribution in [3.63, 3.8) is 0 Å². The van der Waals surface area contributed by atoms with E-state index < -0.39 is 0 Å². The van der Waals surface area contributed by atoms with Crippen molar-refractivity contribution in [2.24, 2.45) is 5.92 Å². The largest absolute Gasteiger partial charge is 0.504 e. The Labute approximate surface area is 213 Å². The summed E-state index contributed by atoms with van der Waals surface area (Å²) in [5, 5.41) is 14.7. The average molecular weight is 491 g/mol. The SMILES string of the molecule is CNCC(C)CCCCCC(=O)CC(=O)C=Cc1cc(OC)c(O)cc1Cc1c[nH]c2ccccc12. The van der Waals surface area contributed by atoms with Crippen LogP contribution in [0.5, 0.6) is 11.5 Å². The Morgan fingerprint density at radius 3 is 2.72 bits per heavy atom. The molecule has 36 heavy (non-hydrogen) atoms. The van der Waals surface area contributed by atoms with Gasteiger partial charge in [0.05, 0.1) is 13.5 Å². The fourth-order valence-corrected chi connectivity index (χ4v) is 4.55. The van der Waals surface area contributed by atoms with Crippen LogP contribution < -0.4 is 10.1 Å². The van der Waals surface area contributed by atoms with Crippen LogP contribution in [0.1, 0.15) is 62.1 Å². The van der Waals surface area contributed by atoms with Gasteiger partial charge in [-0.05, 0) is 73.3 Å². The molecule has 3 rings (SSSR count). The van der Waals surface area contributed by atoms with Gasteiger partial charge in [-0.1, -0.05) is 44.0 Å². The summed E-state index contributed by atoms with van der Waals surface area (Å²) in [6.07, 6.45) is 10.1. The summed E-state index contributed by atoms with van der Waals surface area (Å²) >= 11 is 0. The van der Waals surface area contributed by atoms with Crippen LogP contribution in [0, 0.1) is 5.92 Å². The summed E-state index contributed by atoms with van der Waals surface area (Å²) in [4.78, 5) is 28.1. The molecule has 1 atom stereocenters. The van der Waals surface area contributed by atoms with E-state index in [0.29, 0.717) is 24.5 Å². The van der Waals surface area contributed by atoms with Crippen LogP contribution in [0.2, 0.25) is 0 Å². The monoisotopic (exact) mass is 490 g/mol. The number of aromatic hydroxyl groups is 1. The van der Waals surface area contributed by atoms with Crippen LogP contribution in [0.3, 0.4) is 0 Å². The Bertz CT molecular complexity index is 1190. The fraction of sp³-hybridized carbons (Fsp3) is 0.400. The summed E-state index contributed by atoms with van der Waals surface area (Å²) in [6.45, 7) is 3.23. The molecule has 3 aromatic rings. The molecule has 2 aromatic carbocycles. The van der Waals surface area contributed by atoms with Gasteiger partial charge in [-0.2, -0.15) is 0 Å². The lowest BCUT2D eigenvalue weighted by molar-refractivity contribution is -0.124. The maximum Gasteiger partial charge on any atom is 0.163 e. The number of carbonyl (C=O) groups excluding carboxylic acids is 2. The second kappa shape index (κ2) is 13.6. The number of ether oxygens (including phenoxy) is 1. The minimum Gasteiger partial charge on any atom is -0.504 e. The van der Waals surface area contributed by atoms with Gasteiger partial charge in [-0.15, -0.1) is 0 Å². The summed E-state index contributed by atoms with van der Waals surface area (Å²) in [6, 6.07) is 11.4. The Balaban J connectivity index is 1.60. The molecule has 1 aromatic heterocycles. The number of rotatable bonds is 15. The number of hydrogen-bond donors (Lipinski definition) is 3. The minimum absolute atomic E-state index is 0.0183. The van der Waals surface area contributed by atoms with E-state index in [1.54, 1.807) is 18.2 Å². The van der Waals surface area contributed by atoms with Gasteiger partial charge in [0, 0.05) is 29.9 Å². The molecule has 0 aliphatic rings. The summed E-state index contributed by atoms with van der Waals surface area (Å²) < 4.78 is 5.28. The zero-order chi connectivity index (χ0) is 25.9. The molecule has 0 bridgehead atoms. The van der Waals surface area contributed by atoms with E-state index in [2.05, 4.69) is 23.3 Å². The second-order valence-electron chi connectivity index (χ2n) is 9.54. The van der Waals surface area contributed by atoms with Gasteiger partial charge >= 0.3 is 0 Å². The highest BCUT2D eigenvalue weighted by atomic mass is 16.5. The number of carbonyl (C=O) groups is 2. The van der Waals surface area contributed by atoms with Gasteiger partial charge in [0.15, 0.2) is 17.3 Å². The predicted octanol–water partition coefficient (Wildman–Crippen LogP) is 5.82. The molecule has 0 aliphatic carbocycles. The van der Waals surface area contributed by atoms with E-state index in [9.17, 15) is 14.7 Å². The first-order valence-corrected chi connectivity index (χ1v) is 12.7. The number of phenolic OH excluding ortho intramolecular Hbond substituents is 1. The van der Waals surface area contributed by atoms with Gasteiger partial charge in [-0.3, -0.25) is 9.59 Å². The Morgan fingerprint density at radius 1 is 1.14 bits per heavy atom. The topological polar surface area (TPSA) is 91.4 Å². The molecular weight excluding hydrogens is 452 g/mol. The first-order chi connectivity index (χ1) is 17.4. The number of hydrogen-bond acceptors (Lipinski definition) is 5. The van der Waals surface area contributed by atoms with E-state index in [0.717, 1.165) is 59.8 Å². The van der Waals surface area contributed by atoms with Gasteiger partial charge in [-0.25, -0.2) is 0 Å². The van der Waals surface area contributed by atoms with Crippen LogP contribution in [-0.4, -0.2) is 42.4 Å². The summed E-state index contributed by atoms with van der Waals surface area (Å²) in [7, 11) is 3.45. The first kappa shape index (κ1) is 27.2. The third-order valence-electron chi connectivity index (χ3n) is 6.52. The normalized spacial score (nSPS) is 12.3. The van der Waals surface area contributed by atoms with Crippen LogP contribution >= 0.6 is 0 Å². The van der Waals surface area contributed by atoms with Crippen molar-refractivity contribution in [2.75, 3.05) is 20.7 Å². The quantitative estimate of drug-likeness (QED) is 0.142. The lowest BCUT2D eigenvalue weighted by Gasteiger charge is -2.11. The van der Waals surface area contributed by atoms with Crippen LogP contribution in [0.4, 0.5) is 0 Å². The molecule has 6 heteroatoms. The van der Waals surface area contributed by atoms with Crippen molar-refractivity contribution >= 4 is 28.5 Å².